The van der Waals surface area contributed by atoms with Crippen LogP contribution in [0.1, 0.15) is 15.9 Å². The zero-order valence-corrected chi connectivity index (χ0v) is 10.0. The number of hydrogen-bond acceptors (Lipinski definition) is 4. The summed E-state index contributed by atoms with van der Waals surface area (Å²) < 4.78 is 5.46. The van der Waals surface area contributed by atoms with Crippen LogP contribution in [0.5, 0.6) is 11.5 Å². The molecule has 0 bridgehead atoms. The van der Waals surface area contributed by atoms with Gasteiger partial charge in [0, 0.05) is 5.69 Å². The molecule has 98 valence electrons. The number of anilines is 1. The van der Waals surface area contributed by atoms with Crippen LogP contribution in [-0.2, 0) is 6.61 Å². The summed E-state index contributed by atoms with van der Waals surface area (Å²) in [7, 11) is 0. The van der Waals surface area contributed by atoms with E-state index in [2.05, 4.69) is 0 Å². The van der Waals surface area contributed by atoms with Crippen LogP contribution in [-0.4, -0.2) is 16.2 Å². The molecular formula is C14H13NO4. The minimum Gasteiger partial charge on any atom is -0.508 e. The molecule has 19 heavy (non-hydrogen) atoms. The molecule has 0 amide bonds. The molecule has 0 saturated heterocycles. The maximum Gasteiger partial charge on any atom is 0.337 e. The lowest BCUT2D eigenvalue weighted by Gasteiger charge is -2.08. The Bertz CT molecular complexity index is 610. The minimum atomic E-state index is -1.10. The molecule has 0 atom stereocenters. The number of nitrogens with two attached hydrogens (primary N) is 1. The summed E-state index contributed by atoms with van der Waals surface area (Å²) in [4.78, 5) is 10.9. The monoisotopic (exact) mass is 259 g/mol. The van der Waals surface area contributed by atoms with Crippen molar-refractivity contribution in [1.82, 2.24) is 0 Å². The number of aromatic hydroxyl groups is 1. The molecule has 5 heteroatoms. The standard InChI is InChI=1S/C14H13NO4/c15-13-5-4-11(7-12(13)14(17)18)19-8-9-2-1-3-10(16)6-9/h1-7,16H,8,15H2,(H,17,18). The van der Waals surface area contributed by atoms with Crippen LogP contribution in [0.25, 0.3) is 0 Å². The van der Waals surface area contributed by atoms with Gasteiger partial charge < -0.3 is 20.7 Å². The van der Waals surface area contributed by atoms with E-state index in [-0.39, 0.29) is 23.6 Å². The predicted octanol–water partition coefficient (Wildman–Crippen LogP) is 2.25. The van der Waals surface area contributed by atoms with Crippen LogP contribution < -0.4 is 10.5 Å². The molecule has 5 nitrogen and oxygen atoms in total. The Labute approximate surface area is 109 Å². The number of phenolic OH excluding ortho intramolecular Hbond substituents is 1. The van der Waals surface area contributed by atoms with Crippen LogP contribution in [0.4, 0.5) is 5.69 Å². The number of aromatic carboxylic acids is 1. The van der Waals surface area contributed by atoms with Crippen molar-refractivity contribution in [3.63, 3.8) is 0 Å². The number of carbonyl (C=O) groups is 1. The van der Waals surface area contributed by atoms with E-state index in [1.54, 1.807) is 30.3 Å². The first-order valence-corrected chi connectivity index (χ1v) is 5.60. The highest BCUT2D eigenvalue weighted by Gasteiger charge is 2.09. The Balaban J connectivity index is 2.12. The number of carboxylic acids is 1. The second-order valence-electron chi connectivity index (χ2n) is 4.01. The van der Waals surface area contributed by atoms with Crippen molar-refractivity contribution in [3.8, 4) is 11.5 Å². The Morgan fingerprint density at radius 1 is 1.21 bits per heavy atom. The molecule has 0 radical (unpaired) electrons. The Kier molecular flexibility index (Phi) is 3.56. The maximum atomic E-state index is 10.9. The molecule has 0 aromatic heterocycles. The van der Waals surface area contributed by atoms with Gasteiger partial charge >= 0.3 is 5.97 Å². The van der Waals surface area contributed by atoms with Crippen molar-refractivity contribution in [2.24, 2.45) is 0 Å². The van der Waals surface area contributed by atoms with E-state index in [0.717, 1.165) is 5.56 Å². The summed E-state index contributed by atoms with van der Waals surface area (Å²) in [6, 6.07) is 11.1. The third-order valence-electron chi connectivity index (χ3n) is 2.57. The Morgan fingerprint density at radius 2 is 2.00 bits per heavy atom. The van der Waals surface area contributed by atoms with Crippen molar-refractivity contribution >= 4 is 11.7 Å². The molecule has 0 fully saturated rings. The van der Waals surface area contributed by atoms with Crippen LogP contribution in [0, 0.1) is 0 Å². The molecule has 0 unspecified atom stereocenters. The van der Waals surface area contributed by atoms with E-state index >= 15 is 0 Å². The summed E-state index contributed by atoms with van der Waals surface area (Å²) in [6.45, 7) is 0.234. The Morgan fingerprint density at radius 3 is 2.68 bits per heavy atom. The summed E-state index contributed by atoms with van der Waals surface area (Å²) in [5, 5.41) is 18.3. The molecule has 0 spiro atoms. The van der Waals surface area contributed by atoms with E-state index in [9.17, 15) is 9.90 Å². The fourth-order valence-corrected chi connectivity index (χ4v) is 1.62. The molecule has 2 rings (SSSR count). The van der Waals surface area contributed by atoms with Gasteiger partial charge in [-0.15, -0.1) is 0 Å². The first-order valence-electron chi connectivity index (χ1n) is 5.60. The van der Waals surface area contributed by atoms with Crippen LogP contribution >= 0.6 is 0 Å². The summed E-state index contributed by atoms with van der Waals surface area (Å²) in [5.41, 5.74) is 6.53. The lowest BCUT2D eigenvalue weighted by molar-refractivity contribution is 0.0697. The Hall–Kier alpha value is -2.69. The van der Waals surface area contributed by atoms with E-state index < -0.39 is 5.97 Å². The van der Waals surface area contributed by atoms with E-state index in [0.29, 0.717) is 5.75 Å². The molecule has 4 N–H and O–H groups in total. The van der Waals surface area contributed by atoms with Gasteiger partial charge in [0.05, 0.1) is 5.56 Å². The number of phenols is 1. The number of carboxylic acid groups (broad SMARTS) is 1. The number of benzene rings is 2. The van der Waals surface area contributed by atoms with Gasteiger partial charge in [-0.2, -0.15) is 0 Å². The highest BCUT2D eigenvalue weighted by molar-refractivity contribution is 5.94. The average Bonchev–Trinajstić information content (AvgIpc) is 2.37. The predicted molar refractivity (Wildman–Crippen MR) is 70.3 cm³/mol. The zero-order chi connectivity index (χ0) is 13.8. The van der Waals surface area contributed by atoms with Crippen molar-refractivity contribution < 1.29 is 19.7 Å². The lowest BCUT2D eigenvalue weighted by Crippen LogP contribution is -2.03. The molecule has 2 aromatic rings. The van der Waals surface area contributed by atoms with Gasteiger partial charge in [-0.25, -0.2) is 4.79 Å². The lowest BCUT2D eigenvalue weighted by atomic mass is 10.1. The maximum absolute atomic E-state index is 10.9. The summed E-state index contributed by atoms with van der Waals surface area (Å²) in [5.74, 6) is -0.528. The largest absolute Gasteiger partial charge is 0.508 e. The quantitative estimate of drug-likeness (QED) is 0.732. The summed E-state index contributed by atoms with van der Waals surface area (Å²) >= 11 is 0. The topological polar surface area (TPSA) is 92.8 Å². The van der Waals surface area contributed by atoms with E-state index in [1.807, 2.05) is 0 Å². The highest BCUT2D eigenvalue weighted by Crippen LogP contribution is 2.21. The van der Waals surface area contributed by atoms with Crippen LogP contribution in [0.15, 0.2) is 42.5 Å². The van der Waals surface area contributed by atoms with Gasteiger partial charge in [-0.05, 0) is 35.9 Å². The average molecular weight is 259 g/mol. The van der Waals surface area contributed by atoms with Crippen LogP contribution in [0.2, 0.25) is 0 Å². The third kappa shape index (κ3) is 3.16. The van der Waals surface area contributed by atoms with Crippen molar-refractivity contribution in [2.75, 3.05) is 5.73 Å². The zero-order valence-electron chi connectivity index (χ0n) is 10.0. The van der Waals surface area contributed by atoms with Gasteiger partial charge in [0.25, 0.3) is 0 Å². The fraction of sp³-hybridized carbons (Fsp3) is 0.0714. The van der Waals surface area contributed by atoms with Gasteiger partial charge in [-0.3, -0.25) is 0 Å². The number of nitrogen functional groups attached to an aromatic ring is 1. The third-order valence-corrected chi connectivity index (χ3v) is 2.57. The molecule has 0 aliphatic heterocycles. The van der Waals surface area contributed by atoms with Gasteiger partial charge in [0.2, 0.25) is 0 Å². The fourth-order valence-electron chi connectivity index (χ4n) is 1.62. The van der Waals surface area contributed by atoms with E-state index in [4.69, 9.17) is 15.6 Å². The second kappa shape index (κ2) is 5.30. The molecule has 0 saturated carbocycles. The number of hydrogen-bond donors (Lipinski definition) is 3. The van der Waals surface area contributed by atoms with Crippen molar-refractivity contribution in [1.29, 1.82) is 0 Å². The first-order chi connectivity index (χ1) is 9.06. The van der Waals surface area contributed by atoms with Crippen molar-refractivity contribution in [2.45, 2.75) is 6.61 Å². The van der Waals surface area contributed by atoms with Crippen molar-refractivity contribution in [3.05, 3.63) is 53.6 Å². The summed E-state index contributed by atoms with van der Waals surface area (Å²) in [6.07, 6.45) is 0. The molecule has 0 aliphatic rings. The highest BCUT2D eigenvalue weighted by atomic mass is 16.5. The number of rotatable bonds is 4. The van der Waals surface area contributed by atoms with Gasteiger partial charge in [0.1, 0.15) is 18.1 Å². The second-order valence-corrected chi connectivity index (χ2v) is 4.01. The molecule has 0 heterocycles. The van der Waals surface area contributed by atoms with Gasteiger partial charge in [0.15, 0.2) is 0 Å². The van der Waals surface area contributed by atoms with E-state index in [1.165, 1.54) is 12.1 Å². The van der Waals surface area contributed by atoms with Gasteiger partial charge in [-0.1, -0.05) is 12.1 Å². The first kappa shape index (κ1) is 12.8. The molecular weight excluding hydrogens is 246 g/mol. The SMILES string of the molecule is Nc1ccc(OCc2cccc(O)c2)cc1C(=O)O. The van der Waals surface area contributed by atoms with Crippen LogP contribution in [0.3, 0.4) is 0 Å². The molecule has 2 aromatic carbocycles. The molecule has 0 aliphatic carbocycles. The smallest absolute Gasteiger partial charge is 0.337 e. The normalized spacial score (nSPS) is 10.1. The number of ether oxygens (including phenoxy) is 1. The minimum absolute atomic E-state index is 0.00779.